The molecule has 0 unspecified atom stereocenters. The van der Waals surface area contributed by atoms with E-state index in [2.05, 4.69) is 15.2 Å². The molecule has 0 saturated carbocycles. The summed E-state index contributed by atoms with van der Waals surface area (Å²) in [6.45, 7) is 2.29. The van der Waals surface area contributed by atoms with Crippen LogP contribution < -0.4 is 10.2 Å². The van der Waals surface area contributed by atoms with Gasteiger partial charge in [0.05, 0.1) is 0 Å². The number of hydrogen-bond acceptors (Lipinski definition) is 4. The van der Waals surface area contributed by atoms with E-state index in [-0.39, 0.29) is 0 Å². The third-order valence-electron chi connectivity index (χ3n) is 3.84. The summed E-state index contributed by atoms with van der Waals surface area (Å²) >= 11 is 6.01. The molecular weight excluding hydrogens is 328 g/mol. The smallest absolute Gasteiger partial charge is 0.315 e. The number of halogens is 1. The number of amides is 2. The second-order valence-corrected chi connectivity index (χ2v) is 5.86. The number of anilines is 2. The van der Waals surface area contributed by atoms with Crippen LogP contribution in [-0.4, -0.2) is 47.9 Å². The molecule has 0 bridgehead atoms. The van der Waals surface area contributed by atoms with Crippen molar-refractivity contribution < 1.29 is 9.59 Å². The number of nitrogens with zero attached hydrogens (tertiary/aromatic N) is 3. The van der Waals surface area contributed by atoms with E-state index in [0.29, 0.717) is 37.0 Å². The molecule has 0 radical (unpaired) electrons. The molecule has 1 fully saturated rings. The molecule has 1 aromatic carbocycles. The quantitative estimate of drug-likeness (QED) is 0.846. The zero-order chi connectivity index (χ0) is 16.9. The maximum Gasteiger partial charge on any atom is 0.315 e. The Morgan fingerprint density at radius 3 is 2.50 bits per heavy atom. The van der Waals surface area contributed by atoms with E-state index in [1.54, 1.807) is 29.3 Å². The minimum atomic E-state index is -0.662. The van der Waals surface area contributed by atoms with Gasteiger partial charge in [0.2, 0.25) is 0 Å². The number of aromatic nitrogens is 1. The molecular formula is C17H17ClN4O2. The van der Waals surface area contributed by atoms with Crippen LogP contribution in [0.4, 0.5) is 11.5 Å². The Bertz CT molecular complexity index is 730. The van der Waals surface area contributed by atoms with Crippen LogP contribution in [0.2, 0.25) is 5.02 Å². The Morgan fingerprint density at radius 1 is 1.04 bits per heavy atom. The van der Waals surface area contributed by atoms with E-state index >= 15 is 0 Å². The molecule has 2 aromatic rings. The van der Waals surface area contributed by atoms with E-state index in [1.807, 2.05) is 24.3 Å². The largest absolute Gasteiger partial charge is 0.368 e. The second-order valence-electron chi connectivity index (χ2n) is 5.43. The van der Waals surface area contributed by atoms with Gasteiger partial charge in [-0.2, -0.15) is 0 Å². The highest BCUT2D eigenvalue weighted by Gasteiger charge is 2.26. The van der Waals surface area contributed by atoms with Crippen LogP contribution in [-0.2, 0) is 9.59 Å². The van der Waals surface area contributed by atoms with Crippen LogP contribution in [0.5, 0.6) is 0 Å². The average molecular weight is 345 g/mol. The lowest BCUT2D eigenvalue weighted by atomic mass is 10.2. The highest BCUT2D eigenvalue weighted by atomic mass is 35.5. The first-order valence-electron chi connectivity index (χ1n) is 7.65. The lowest BCUT2D eigenvalue weighted by Crippen LogP contribution is -2.51. The Hall–Kier alpha value is -2.60. The van der Waals surface area contributed by atoms with Crippen LogP contribution in [0.3, 0.4) is 0 Å². The van der Waals surface area contributed by atoms with Crippen LogP contribution in [0.1, 0.15) is 0 Å². The first kappa shape index (κ1) is 16.3. The third-order valence-corrected chi connectivity index (χ3v) is 4.08. The van der Waals surface area contributed by atoms with E-state index in [4.69, 9.17) is 11.6 Å². The van der Waals surface area contributed by atoms with Gasteiger partial charge >= 0.3 is 11.8 Å². The minimum Gasteiger partial charge on any atom is -0.368 e. The molecule has 0 aliphatic carbocycles. The number of carbonyl (C=O) groups excluding carboxylic acids is 2. The third kappa shape index (κ3) is 3.83. The molecule has 1 aliphatic heterocycles. The first-order valence-corrected chi connectivity index (χ1v) is 8.03. The zero-order valence-electron chi connectivity index (χ0n) is 13.0. The van der Waals surface area contributed by atoms with Crippen molar-refractivity contribution in [3.8, 4) is 0 Å². The number of hydrogen-bond donors (Lipinski definition) is 1. The molecule has 2 heterocycles. The molecule has 1 aliphatic rings. The van der Waals surface area contributed by atoms with Gasteiger partial charge in [-0.1, -0.05) is 23.7 Å². The number of pyridine rings is 1. The molecule has 124 valence electrons. The van der Waals surface area contributed by atoms with Crippen molar-refractivity contribution in [2.75, 3.05) is 36.4 Å². The average Bonchev–Trinajstić information content (AvgIpc) is 2.62. The molecule has 1 aromatic heterocycles. The number of piperazine rings is 1. The van der Waals surface area contributed by atoms with Crippen LogP contribution >= 0.6 is 11.6 Å². The zero-order valence-corrected chi connectivity index (χ0v) is 13.7. The summed E-state index contributed by atoms with van der Waals surface area (Å²) < 4.78 is 0. The molecule has 1 saturated heterocycles. The maximum absolute atomic E-state index is 12.2. The molecule has 0 atom stereocenters. The van der Waals surface area contributed by atoms with E-state index in [0.717, 1.165) is 5.69 Å². The predicted octanol–water partition coefficient (Wildman–Crippen LogP) is 2.02. The van der Waals surface area contributed by atoms with Gasteiger partial charge in [-0.15, -0.1) is 0 Å². The molecule has 2 amide bonds. The predicted molar refractivity (Wildman–Crippen MR) is 93.1 cm³/mol. The monoisotopic (exact) mass is 344 g/mol. The van der Waals surface area contributed by atoms with Gasteiger partial charge in [0, 0.05) is 43.1 Å². The molecule has 7 heteroatoms. The van der Waals surface area contributed by atoms with Gasteiger partial charge in [0.15, 0.2) is 0 Å². The van der Waals surface area contributed by atoms with Gasteiger partial charge in [-0.3, -0.25) is 9.59 Å². The second kappa shape index (κ2) is 7.31. The number of rotatable bonds is 2. The normalized spacial score (nSPS) is 14.4. The van der Waals surface area contributed by atoms with Gasteiger partial charge in [0.25, 0.3) is 0 Å². The first-order chi connectivity index (χ1) is 11.6. The van der Waals surface area contributed by atoms with Crippen molar-refractivity contribution in [2.45, 2.75) is 0 Å². The fraction of sp³-hybridized carbons (Fsp3) is 0.235. The standard InChI is InChI=1S/C17H17ClN4O2/c18-13-4-3-5-14(12-13)21-8-10-22(11-9-21)17(24)16(23)20-15-6-1-2-7-19-15/h1-7,12H,8-11H2,(H,19,20,23). The summed E-state index contributed by atoms with van der Waals surface area (Å²) in [7, 11) is 0. The fourth-order valence-corrected chi connectivity index (χ4v) is 2.78. The van der Waals surface area contributed by atoms with Crippen molar-refractivity contribution in [3.05, 3.63) is 53.7 Å². The highest BCUT2D eigenvalue weighted by Crippen LogP contribution is 2.20. The lowest BCUT2D eigenvalue weighted by molar-refractivity contribution is -0.143. The molecule has 24 heavy (non-hydrogen) atoms. The Labute approximate surface area is 145 Å². The minimum absolute atomic E-state index is 0.369. The summed E-state index contributed by atoms with van der Waals surface area (Å²) in [5.41, 5.74) is 1.02. The summed E-state index contributed by atoms with van der Waals surface area (Å²) in [4.78, 5) is 32.0. The van der Waals surface area contributed by atoms with Crippen molar-refractivity contribution in [2.24, 2.45) is 0 Å². The van der Waals surface area contributed by atoms with Crippen molar-refractivity contribution >= 4 is 34.9 Å². The number of nitrogens with one attached hydrogen (secondary N) is 1. The molecule has 0 spiro atoms. The number of carbonyl (C=O) groups is 2. The van der Waals surface area contributed by atoms with Crippen molar-refractivity contribution in [3.63, 3.8) is 0 Å². The Balaban J connectivity index is 1.56. The number of benzene rings is 1. The maximum atomic E-state index is 12.2. The summed E-state index contributed by atoms with van der Waals surface area (Å²) in [6.07, 6.45) is 1.56. The van der Waals surface area contributed by atoms with E-state index in [9.17, 15) is 9.59 Å². The Kier molecular flexibility index (Phi) is 4.96. The van der Waals surface area contributed by atoms with Gasteiger partial charge in [-0.25, -0.2) is 4.98 Å². The highest BCUT2D eigenvalue weighted by molar-refractivity contribution is 6.39. The van der Waals surface area contributed by atoms with Crippen molar-refractivity contribution in [1.29, 1.82) is 0 Å². The topological polar surface area (TPSA) is 65.5 Å². The van der Waals surface area contributed by atoms with Crippen LogP contribution in [0, 0.1) is 0 Å². The van der Waals surface area contributed by atoms with Crippen LogP contribution in [0.25, 0.3) is 0 Å². The van der Waals surface area contributed by atoms with Gasteiger partial charge in [0.1, 0.15) is 5.82 Å². The molecule has 1 N–H and O–H groups in total. The lowest BCUT2D eigenvalue weighted by Gasteiger charge is -2.35. The molecule has 6 nitrogen and oxygen atoms in total. The van der Waals surface area contributed by atoms with Crippen LogP contribution in [0.15, 0.2) is 48.7 Å². The Morgan fingerprint density at radius 2 is 1.83 bits per heavy atom. The van der Waals surface area contributed by atoms with E-state index in [1.165, 1.54) is 0 Å². The molecule has 3 rings (SSSR count). The van der Waals surface area contributed by atoms with Gasteiger partial charge < -0.3 is 15.1 Å². The van der Waals surface area contributed by atoms with Crippen molar-refractivity contribution in [1.82, 2.24) is 9.88 Å². The van der Waals surface area contributed by atoms with E-state index < -0.39 is 11.8 Å². The summed E-state index contributed by atoms with van der Waals surface area (Å²) in [6, 6.07) is 12.7. The summed E-state index contributed by atoms with van der Waals surface area (Å²) in [5, 5.41) is 3.20. The SMILES string of the molecule is O=C(Nc1ccccn1)C(=O)N1CCN(c2cccc(Cl)c2)CC1. The van der Waals surface area contributed by atoms with Gasteiger partial charge in [-0.05, 0) is 30.3 Å². The summed E-state index contributed by atoms with van der Waals surface area (Å²) in [5.74, 6) is -0.829. The fourth-order valence-electron chi connectivity index (χ4n) is 2.59.